The number of nitrogens with one attached hydrogen (secondary N) is 2. The number of amides is 1. The van der Waals surface area contributed by atoms with Gasteiger partial charge in [0.25, 0.3) is 5.91 Å². The molecule has 28 heavy (non-hydrogen) atoms. The summed E-state index contributed by atoms with van der Waals surface area (Å²) in [7, 11) is 0. The first-order valence-corrected chi connectivity index (χ1v) is 10.7. The van der Waals surface area contributed by atoms with Crippen LogP contribution in [0.5, 0.6) is 0 Å². The second kappa shape index (κ2) is 9.11. The number of fused-ring (bicyclic) bond motifs is 1. The minimum atomic E-state index is -0.316. The first kappa shape index (κ1) is 19.5. The van der Waals surface area contributed by atoms with E-state index in [1.807, 2.05) is 5.51 Å². The first-order chi connectivity index (χ1) is 13.7. The van der Waals surface area contributed by atoms with Crippen LogP contribution in [0.2, 0.25) is 0 Å². The molecule has 1 saturated heterocycles. The summed E-state index contributed by atoms with van der Waals surface area (Å²) in [5.41, 5.74) is 3.30. The predicted molar refractivity (Wildman–Crippen MR) is 105 cm³/mol. The third-order valence-corrected chi connectivity index (χ3v) is 5.96. The average Bonchev–Trinajstić information content (AvgIpc) is 3.13. The maximum Gasteiger partial charge on any atom is 0.270 e. The molecule has 2 aromatic heterocycles. The lowest BCUT2D eigenvalue weighted by Gasteiger charge is -2.28. The molecular formula is C16H21N7O3S2. The van der Waals surface area contributed by atoms with Crippen molar-refractivity contribution >= 4 is 35.0 Å². The van der Waals surface area contributed by atoms with Crippen LogP contribution in [0.4, 0.5) is 5.82 Å². The molecule has 1 fully saturated rings. The molecule has 0 aromatic carbocycles. The van der Waals surface area contributed by atoms with E-state index in [0.717, 1.165) is 41.6 Å². The van der Waals surface area contributed by atoms with E-state index < -0.39 is 0 Å². The summed E-state index contributed by atoms with van der Waals surface area (Å²) in [6.45, 7) is 3.30. The van der Waals surface area contributed by atoms with Gasteiger partial charge in [0.15, 0.2) is 0 Å². The molecule has 2 aliphatic heterocycles. The summed E-state index contributed by atoms with van der Waals surface area (Å²) < 4.78 is 6.24. The molecule has 0 saturated carbocycles. The van der Waals surface area contributed by atoms with Crippen molar-refractivity contribution in [3.05, 3.63) is 34.2 Å². The molecule has 2 aliphatic rings. The van der Waals surface area contributed by atoms with E-state index in [2.05, 4.69) is 30.5 Å². The van der Waals surface area contributed by atoms with Crippen LogP contribution in [-0.2, 0) is 17.7 Å². The van der Waals surface area contributed by atoms with Crippen LogP contribution < -0.4 is 10.6 Å². The van der Waals surface area contributed by atoms with Gasteiger partial charge >= 0.3 is 0 Å². The van der Waals surface area contributed by atoms with Gasteiger partial charge in [-0.05, 0) is 11.9 Å². The molecule has 4 heterocycles. The number of rotatable bonds is 8. The molecule has 150 valence electrons. The number of anilines is 1. The Morgan fingerprint density at radius 1 is 1.43 bits per heavy atom. The summed E-state index contributed by atoms with van der Waals surface area (Å²) >= 11 is 2.78. The number of hydroxylamine groups is 1. The van der Waals surface area contributed by atoms with E-state index in [9.17, 15) is 10.0 Å². The van der Waals surface area contributed by atoms with Crippen molar-refractivity contribution in [2.24, 2.45) is 0 Å². The highest BCUT2D eigenvalue weighted by Crippen LogP contribution is 2.22. The van der Waals surface area contributed by atoms with Gasteiger partial charge in [-0.15, -0.1) is 15.8 Å². The van der Waals surface area contributed by atoms with Crippen molar-refractivity contribution in [2.75, 3.05) is 37.6 Å². The van der Waals surface area contributed by atoms with Crippen LogP contribution in [0.25, 0.3) is 0 Å². The molecule has 10 nitrogen and oxygen atoms in total. The van der Waals surface area contributed by atoms with Crippen molar-refractivity contribution in [1.29, 1.82) is 0 Å². The Balaban J connectivity index is 1.19. The average molecular weight is 424 g/mol. The number of thiazole rings is 1. The van der Waals surface area contributed by atoms with Gasteiger partial charge < -0.3 is 20.6 Å². The standard InChI is InChI=1S/C16H21N7O3S2/c24-16(13-3-15(18-7-17-13)21-11-5-26-6-11)20-9-28-23(25)10-22-2-1-12-14(4-22)27-8-19-12/h3,7-8,11,25H,1-2,4-6,9-10H2,(H,20,24)(H,17,18,21). The maximum atomic E-state index is 12.3. The van der Waals surface area contributed by atoms with Crippen molar-refractivity contribution < 1.29 is 14.7 Å². The Bertz CT molecular complexity index is 817. The molecular weight excluding hydrogens is 402 g/mol. The van der Waals surface area contributed by atoms with Gasteiger partial charge in [-0.25, -0.2) is 15.0 Å². The van der Waals surface area contributed by atoms with E-state index in [1.54, 1.807) is 17.4 Å². The molecule has 12 heteroatoms. The summed E-state index contributed by atoms with van der Waals surface area (Å²) in [6, 6.07) is 1.83. The molecule has 0 atom stereocenters. The van der Waals surface area contributed by atoms with Crippen molar-refractivity contribution in [2.45, 2.75) is 19.0 Å². The zero-order valence-corrected chi connectivity index (χ0v) is 16.7. The fourth-order valence-electron chi connectivity index (χ4n) is 2.86. The molecule has 0 radical (unpaired) electrons. The van der Waals surface area contributed by atoms with E-state index in [0.29, 0.717) is 25.7 Å². The SMILES string of the molecule is O=C(NCSN(O)CN1CCc2ncsc2C1)c1cc(NC2COC2)ncn1. The number of hydrogen-bond acceptors (Lipinski definition) is 11. The highest BCUT2D eigenvalue weighted by molar-refractivity contribution is 7.96. The van der Waals surface area contributed by atoms with Crippen LogP contribution in [0, 0.1) is 0 Å². The molecule has 3 N–H and O–H groups in total. The first-order valence-electron chi connectivity index (χ1n) is 8.85. The summed E-state index contributed by atoms with van der Waals surface area (Å²) in [4.78, 5) is 28.1. The van der Waals surface area contributed by atoms with Gasteiger partial charge in [0, 0.05) is 30.5 Å². The predicted octanol–water partition coefficient (Wildman–Crippen LogP) is 0.786. The summed E-state index contributed by atoms with van der Waals surface area (Å²) in [5.74, 6) is 0.513. The van der Waals surface area contributed by atoms with Crippen LogP contribution in [-0.4, -0.2) is 73.8 Å². The molecule has 0 spiro atoms. The molecule has 0 unspecified atom stereocenters. The van der Waals surface area contributed by atoms with Crippen molar-refractivity contribution in [1.82, 2.24) is 29.6 Å². The minimum Gasteiger partial charge on any atom is -0.377 e. The van der Waals surface area contributed by atoms with Crippen molar-refractivity contribution in [3.63, 3.8) is 0 Å². The van der Waals surface area contributed by atoms with E-state index in [1.165, 1.54) is 11.2 Å². The Labute approximate surface area is 170 Å². The highest BCUT2D eigenvalue weighted by Gasteiger charge is 2.21. The third kappa shape index (κ3) is 4.96. The Kier molecular flexibility index (Phi) is 6.34. The fraction of sp³-hybridized carbons (Fsp3) is 0.500. The van der Waals surface area contributed by atoms with Gasteiger partial charge in [0.05, 0.1) is 43.0 Å². The number of ether oxygens (including phenoxy) is 1. The van der Waals surface area contributed by atoms with Crippen LogP contribution in [0.3, 0.4) is 0 Å². The van der Waals surface area contributed by atoms with Crippen molar-refractivity contribution in [3.8, 4) is 0 Å². The fourth-order valence-corrected chi connectivity index (χ4v) is 4.30. The van der Waals surface area contributed by atoms with Crippen LogP contribution >= 0.6 is 23.3 Å². The van der Waals surface area contributed by atoms with E-state index >= 15 is 0 Å². The van der Waals surface area contributed by atoms with Gasteiger partial charge in [0.1, 0.15) is 17.8 Å². The minimum absolute atomic E-state index is 0.222. The molecule has 0 aliphatic carbocycles. The number of nitrogens with zero attached hydrogens (tertiary/aromatic N) is 5. The zero-order valence-electron chi connectivity index (χ0n) is 15.1. The number of aromatic nitrogens is 3. The third-order valence-electron chi connectivity index (χ3n) is 4.41. The smallest absolute Gasteiger partial charge is 0.270 e. The van der Waals surface area contributed by atoms with Gasteiger partial charge in [0.2, 0.25) is 0 Å². The lowest BCUT2D eigenvalue weighted by molar-refractivity contribution is -0.0329. The number of carbonyl (C=O) groups excluding carboxylic acids is 1. The molecule has 0 bridgehead atoms. The topological polar surface area (TPSA) is 116 Å². The van der Waals surface area contributed by atoms with Gasteiger partial charge in [-0.1, -0.05) is 0 Å². The molecule has 4 rings (SSSR count). The second-order valence-corrected chi connectivity index (χ2v) is 8.37. The van der Waals surface area contributed by atoms with E-state index in [4.69, 9.17) is 4.74 Å². The largest absolute Gasteiger partial charge is 0.377 e. The molecule has 2 aromatic rings. The Morgan fingerprint density at radius 3 is 3.14 bits per heavy atom. The highest BCUT2D eigenvalue weighted by atomic mass is 32.2. The maximum absolute atomic E-state index is 12.3. The van der Waals surface area contributed by atoms with E-state index in [-0.39, 0.29) is 23.5 Å². The van der Waals surface area contributed by atoms with Gasteiger partial charge in [-0.3, -0.25) is 9.69 Å². The number of carbonyl (C=O) groups is 1. The Hall–Kier alpha value is -1.83. The summed E-state index contributed by atoms with van der Waals surface area (Å²) in [6.07, 6.45) is 2.25. The van der Waals surface area contributed by atoms with Crippen LogP contribution in [0.1, 0.15) is 21.1 Å². The van der Waals surface area contributed by atoms with Crippen LogP contribution in [0.15, 0.2) is 17.9 Å². The van der Waals surface area contributed by atoms with Gasteiger partial charge in [-0.2, -0.15) is 0 Å². The zero-order chi connectivity index (χ0) is 19.3. The summed E-state index contributed by atoms with van der Waals surface area (Å²) in [5, 5.41) is 16.0. The Morgan fingerprint density at radius 2 is 2.32 bits per heavy atom. The lowest BCUT2D eigenvalue weighted by Crippen LogP contribution is -2.40. The lowest BCUT2D eigenvalue weighted by atomic mass is 10.2. The quantitative estimate of drug-likeness (QED) is 0.320. The molecule has 1 amide bonds. The second-order valence-electron chi connectivity index (χ2n) is 6.46. The normalized spacial score (nSPS) is 17.2. The number of hydrogen-bond donors (Lipinski definition) is 3. The monoisotopic (exact) mass is 423 g/mol.